The highest BCUT2D eigenvalue weighted by Gasteiger charge is 2.11. The molecule has 1 aromatic rings. The van der Waals surface area contributed by atoms with Crippen LogP contribution in [0.15, 0.2) is 22.7 Å². The third kappa shape index (κ3) is 6.19. The van der Waals surface area contributed by atoms with Crippen molar-refractivity contribution in [3.05, 3.63) is 28.2 Å². The van der Waals surface area contributed by atoms with Crippen molar-refractivity contribution in [2.45, 2.75) is 32.7 Å². The van der Waals surface area contributed by atoms with Crippen LogP contribution in [0, 0.1) is 0 Å². The number of hydrogen-bond donors (Lipinski definition) is 1. The van der Waals surface area contributed by atoms with Gasteiger partial charge in [-0.05, 0) is 50.5 Å². The summed E-state index contributed by atoms with van der Waals surface area (Å²) in [6.45, 7) is 6.18. The topological polar surface area (TPSA) is 21.3 Å². The van der Waals surface area contributed by atoms with Crippen LogP contribution in [-0.2, 0) is 0 Å². The minimum absolute atomic E-state index is 0.323. The molecule has 1 N–H and O–H groups in total. The second-order valence-corrected chi connectivity index (χ2v) is 6.45. The first-order chi connectivity index (χ1) is 9.19. The van der Waals surface area contributed by atoms with Gasteiger partial charge in [-0.2, -0.15) is 11.8 Å². The Morgan fingerprint density at radius 2 is 2.21 bits per heavy atom. The molecule has 1 atom stereocenters. The quantitative estimate of drug-likeness (QED) is 0.658. The fourth-order valence-electron chi connectivity index (χ4n) is 1.85. The van der Waals surface area contributed by atoms with E-state index in [0.29, 0.717) is 6.04 Å². The summed E-state index contributed by atoms with van der Waals surface area (Å²) < 4.78 is 7.01. The van der Waals surface area contributed by atoms with Gasteiger partial charge in [0.15, 0.2) is 0 Å². The van der Waals surface area contributed by atoms with Crippen LogP contribution in [0.3, 0.4) is 0 Å². The van der Waals surface area contributed by atoms with E-state index in [0.717, 1.165) is 42.0 Å². The van der Waals surface area contributed by atoms with Gasteiger partial charge in [0, 0.05) is 16.1 Å². The molecule has 0 aromatic heterocycles. The van der Waals surface area contributed by atoms with Crippen LogP contribution in [0.25, 0.3) is 0 Å². The summed E-state index contributed by atoms with van der Waals surface area (Å²) in [5.74, 6) is 2.14. The van der Waals surface area contributed by atoms with Gasteiger partial charge in [-0.15, -0.1) is 0 Å². The van der Waals surface area contributed by atoms with Crippen molar-refractivity contribution >= 4 is 27.7 Å². The van der Waals surface area contributed by atoms with Gasteiger partial charge in [-0.25, -0.2) is 0 Å². The van der Waals surface area contributed by atoms with Crippen molar-refractivity contribution in [3.63, 3.8) is 0 Å². The van der Waals surface area contributed by atoms with Gasteiger partial charge >= 0.3 is 0 Å². The van der Waals surface area contributed by atoms with Crippen LogP contribution < -0.4 is 10.1 Å². The largest absolute Gasteiger partial charge is 0.493 e. The molecule has 0 aliphatic rings. The van der Waals surface area contributed by atoms with Gasteiger partial charge in [-0.1, -0.05) is 28.9 Å². The maximum absolute atomic E-state index is 5.94. The van der Waals surface area contributed by atoms with Gasteiger partial charge in [-0.3, -0.25) is 0 Å². The molecule has 0 fully saturated rings. The molecule has 0 bridgehead atoms. The molecule has 1 unspecified atom stereocenters. The van der Waals surface area contributed by atoms with Crippen molar-refractivity contribution in [3.8, 4) is 5.75 Å². The summed E-state index contributed by atoms with van der Waals surface area (Å²) in [4.78, 5) is 0. The Morgan fingerprint density at radius 1 is 1.42 bits per heavy atom. The predicted molar refractivity (Wildman–Crippen MR) is 89.3 cm³/mol. The fraction of sp³-hybridized carbons (Fsp3) is 0.600. The molecule has 0 aliphatic carbocycles. The van der Waals surface area contributed by atoms with Crippen LogP contribution in [0.5, 0.6) is 5.75 Å². The van der Waals surface area contributed by atoms with Gasteiger partial charge < -0.3 is 10.1 Å². The predicted octanol–water partition coefficient (Wildman–Crippen LogP) is 4.64. The molecule has 108 valence electrons. The van der Waals surface area contributed by atoms with Crippen LogP contribution in [0.2, 0.25) is 0 Å². The maximum atomic E-state index is 5.94. The van der Waals surface area contributed by atoms with Gasteiger partial charge in [0.05, 0.1) is 6.61 Å². The average molecular weight is 346 g/mol. The lowest BCUT2D eigenvalue weighted by atomic mass is 10.1. The van der Waals surface area contributed by atoms with Crippen molar-refractivity contribution < 1.29 is 4.74 Å². The summed E-state index contributed by atoms with van der Waals surface area (Å²) >= 11 is 5.38. The third-order valence-electron chi connectivity index (χ3n) is 2.89. The van der Waals surface area contributed by atoms with E-state index in [1.54, 1.807) is 0 Å². The molecular weight excluding hydrogens is 322 g/mol. The van der Waals surface area contributed by atoms with E-state index >= 15 is 0 Å². The minimum atomic E-state index is 0.323. The van der Waals surface area contributed by atoms with Crippen LogP contribution in [-0.4, -0.2) is 25.2 Å². The third-order valence-corrected chi connectivity index (χ3v) is 4.08. The van der Waals surface area contributed by atoms with E-state index in [1.807, 2.05) is 11.8 Å². The molecule has 1 aromatic carbocycles. The standard InChI is InChI=1S/C15H24BrNOS/c1-4-8-17-12(2)14-7-6-13(16)11-15(14)18-9-5-10-19-3/h6-7,11-12,17H,4-5,8-10H2,1-3H3. The highest BCUT2D eigenvalue weighted by Crippen LogP contribution is 2.29. The van der Waals surface area contributed by atoms with Crippen LogP contribution in [0.4, 0.5) is 0 Å². The van der Waals surface area contributed by atoms with Crippen molar-refractivity contribution in [1.82, 2.24) is 5.32 Å². The molecule has 0 heterocycles. The van der Waals surface area contributed by atoms with Crippen molar-refractivity contribution in [2.75, 3.05) is 25.2 Å². The number of nitrogens with one attached hydrogen (secondary N) is 1. The molecule has 4 heteroatoms. The average Bonchev–Trinajstić information content (AvgIpc) is 2.41. The summed E-state index contributed by atoms with van der Waals surface area (Å²) in [7, 11) is 0. The Morgan fingerprint density at radius 3 is 2.89 bits per heavy atom. The Hall–Kier alpha value is -0.190. The second kappa shape index (κ2) is 9.67. The Bertz CT molecular complexity index is 373. The van der Waals surface area contributed by atoms with E-state index in [4.69, 9.17) is 4.74 Å². The first-order valence-electron chi connectivity index (χ1n) is 6.83. The van der Waals surface area contributed by atoms with Crippen molar-refractivity contribution in [2.24, 2.45) is 0 Å². The molecule has 0 spiro atoms. The Labute approximate surface area is 129 Å². The first-order valence-corrected chi connectivity index (χ1v) is 9.02. The number of benzene rings is 1. The zero-order valence-electron chi connectivity index (χ0n) is 12.0. The fourth-order valence-corrected chi connectivity index (χ4v) is 2.59. The van der Waals surface area contributed by atoms with Gasteiger partial charge in [0.2, 0.25) is 0 Å². The first kappa shape index (κ1) is 16.9. The second-order valence-electron chi connectivity index (χ2n) is 4.55. The lowest BCUT2D eigenvalue weighted by molar-refractivity contribution is 0.312. The summed E-state index contributed by atoms with van der Waals surface area (Å²) in [5.41, 5.74) is 1.24. The van der Waals surface area contributed by atoms with E-state index in [-0.39, 0.29) is 0 Å². The number of thioether (sulfide) groups is 1. The smallest absolute Gasteiger partial charge is 0.125 e. The van der Waals surface area contributed by atoms with Gasteiger partial charge in [0.1, 0.15) is 5.75 Å². The Kier molecular flexibility index (Phi) is 8.58. The van der Waals surface area contributed by atoms with Crippen LogP contribution in [0.1, 0.15) is 38.3 Å². The minimum Gasteiger partial charge on any atom is -0.493 e. The molecule has 0 saturated heterocycles. The van der Waals surface area contributed by atoms with Gasteiger partial charge in [0.25, 0.3) is 0 Å². The number of hydrogen-bond acceptors (Lipinski definition) is 3. The molecular formula is C15H24BrNOS. The maximum Gasteiger partial charge on any atom is 0.125 e. The van der Waals surface area contributed by atoms with E-state index < -0.39 is 0 Å². The molecule has 0 amide bonds. The zero-order valence-corrected chi connectivity index (χ0v) is 14.4. The molecule has 0 aliphatic heterocycles. The zero-order chi connectivity index (χ0) is 14.1. The van der Waals surface area contributed by atoms with Crippen LogP contribution >= 0.6 is 27.7 Å². The molecule has 2 nitrogen and oxygen atoms in total. The summed E-state index contributed by atoms with van der Waals surface area (Å²) in [5, 5.41) is 3.51. The SMILES string of the molecule is CCCNC(C)c1ccc(Br)cc1OCCCSC. The molecule has 0 saturated carbocycles. The number of rotatable bonds is 9. The van der Waals surface area contributed by atoms with E-state index in [2.05, 4.69) is 59.5 Å². The summed E-state index contributed by atoms with van der Waals surface area (Å²) in [6, 6.07) is 6.61. The highest BCUT2D eigenvalue weighted by atomic mass is 79.9. The normalized spacial score (nSPS) is 12.4. The monoisotopic (exact) mass is 345 g/mol. The van der Waals surface area contributed by atoms with Crippen molar-refractivity contribution in [1.29, 1.82) is 0 Å². The number of ether oxygens (including phenoxy) is 1. The lowest BCUT2D eigenvalue weighted by Gasteiger charge is -2.18. The molecule has 1 rings (SSSR count). The van der Waals surface area contributed by atoms with E-state index in [9.17, 15) is 0 Å². The number of halogens is 1. The highest BCUT2D eigenvalue weighted by molar-refractivity contribution is 9.10. The lowest BCUT2D eigenvalue weighted by Crippen LogP contribution is -2.20. The Balaban J connectivity index is 2.67. The summed E-state index contributed by atoms with van der Waals surface area (Å²) in [6.07, 6.45) is 4.36. The molecule has 19 heavy (non-hydrogen) atoms. The molecule has 0 radical (unpaired) electrons. The van der Waals surface area contributed by atoms with E-state index in [1.165, 1.54) is 5.56 Å².